The van der Waals surface area contributed by atoms with Crippen LogP contribution in [0.15, 0.2) is 30.6 Å². The lowest BCUT2D eigenvalue weighted by Gasteiger charge is -2.07. The van der Waals surface area contributed by atoms with E-state index in [9.17, 15) is 0 Å². The van der Waals surface area contributed by atoms with Gasteiger partial charge in [0.05, 0.1) is 0 Å². The first-order chi connectivity index (χ1) is 8.72. The van der Waals surface area contributed by atoms with E-state index in [1.165, 1.54) is 0 Å². The maximum Gasteiger partial charge on any atom is 0.224 e. The van der Waals surface area contributed by atoms with Crippen molar-refractivity contribution in [2.24, 2.45) is 0 Å². The maximum atomic E-state index is 5.77. The van der Waals surface area contributed by atoms with Crippen molar-refractivity contribution in [2.75, 3.05) is 5.32 Å². The second-order valence-electron chi connectivity index (χ2n) is 3.91. The lowest BCUT2D eigenvalue weighted by Crippen LogP contribution is -1.99. The van der Waals surface area contributed by atoms with Gasteiger partial charge in [0.25, 0.3) is 0 Å². The third kappa shape index (κ3) is 2.00. The largest absolute Gasteiger partial charge is 0.346 e. The molecule has 0 aromatic carbocycles. The third-order valence-corrected chi connectivity index (χ3v) is 2.78. The zero-order valence-corrected chi connectivity index (χ0v) is 10.4. The molecule has 0 unspecified atom stereocenters. The summed E-state index contributed by atoms with van der Waals surface area (Å²) in [5, 5.41) is 4.41. The molecule has 0 bridgehead atoms. The summed E-state index contributed by atoms with van der Waals surface area (Å²) in [7, 11) is 0. The molecule has 90 valence electrons. The van der Waals surface area contributed by atoms with Gasteiger partial charge in [-0.15, -0.1) is 0 Å². The SMILES string of the molecule is Cc1cnc(Cl)nc1Nc1ccc2cc[nH]c2n1. The van der Waals surface area contributed by atoms with Crippen molar-refractivity contribution in [3.63, 3.8) is 0 Å². The highest BCUT2D eigenvalue weighted by atomic mass is 35.5. The molecule has 3 aromatic rings. The molecule has 0 atom stereocenters. The van der Waals surface area contributed by atoms with E-state index in [0.717, 1.165) is 16.6 Å². The van der Waals surface area contributed by atoms with E-state index >= 15 is 0 Å². The van der Waals surface area contributed by atoms with Gasteiger partial charge in [-0.2, -0.15) is 0 Å². The van der Waals surface area contributed by atoms with E-state index in [2.05, 4.69) is 25.3 Å². The summed E-state index contributed by atoms with van der Waals surface area (Å²) in [6, 6.07) is 5.85. The van der Waals surface area contributed by atoms with Gasteiger partial charge in [-0.05, 0) is 36.7 Å². The first kappa shape index (κ1) is 11.0. The molecule has 0 saturated heterocycles. The number of aromatic nitrogens is 4. The first-order valence-electron chi connectivity index (χ1n) is 5.43. The lowest BCUT2D eigenvalue weighted by atomic mass is 10.3. The van der Waals surface area contributed by atoms with Crippen molar-refractivity contribution in [1.29, 1.82) is 0 Å². The van der Waals surface area contributed by atoms with E-state index in [0.29, 0.717) is 11.6 Å². The van der Waals surface area contributed by atoms with Gasteiger partial charge < -0.3 is 10.3 Å². The number of hydrogen-bond donors (Lipinski definition) is 2. The Kier molecular flexibility index (Phi) is 2.60. The van der Waals surface area contributed by atoms with Crippen molar-refractivity contribution in [1.82, 2.24) is 19.9 Å². The van der Waals surface area contributed by atoms with Gasteiger partial charge in [0, 0.05) is 23.3 Å². The van der Waals surface area contributed by atoms with Crippen LogP contribution >= 0.6 is 11.6 Å². The van der Waals surface area contributed by atoms with Crippen LogP contribution in [0.2, 0.25) is 5.28 Å². The summed E-state index contributed by atoms with van der Waals surface area (Å²) in [6.07, 6.45) is 3.53. The van der Waals surface area contributed by atoms with Crippen LogP contribution in [-0.2, 0) is 0 Å². The number of aromatic amines is 1. The van der Waals surface area contributed by atoms with Gasteiger partial charge in [-0.1, -0.05) is 0 Å². The summed E-state index contributed by atoms with van der Waals surface area (Å²) in [4.78, 5) is 15.5. The molecule has 2 N–H and O–H groups in total. The molecule has 0 aliphatic heterocycles. The van der Waals surface area contributed by atoms with Gasteiger partial charge in [0.15, 0.2) is 0 Å². The molecule has 6 heteroatoms. The van der Waals surface area contributed by atoms with Crippen molar-refractivity contribution in [3.8, 4) is 0 Å². The maximum absolute atomic E-state index is 5.77. The van der Waals surface area contributed by atoms with Crippen LogP contribution in [-0.4, -0.2) is 19.9 Å². The molecular formula is C12H10ClN5. The molecule has 0 spiro atoms. The van der Waals surface area contributed by atoms with Gasteiger partial charge in [0.1, 0.15) is 17.3 Å². The van der Waals surface area contributed by atoms with E-state index in [1.807, 2.05) is 31.3 Å². The summed E-state index contributed by atoms with van der Waals surface area (Å²) in [6.45, 7) is 1.91. The number of nitrogens with one attached hydrogen (secondary N) is 2. The van der Waals surface area contributed by atoms with Crippen molar-refractivity contribution in [3.05, 3.63) is 41.4 Å². The van der Waals surface area contributed by atoms with Crippen LogP contribution in [0, 0.1) is 6.92 Å². The minimum Gasteiger partial charge on any atom is -0.346 e. The Hall–Kier alpha value is -2.14. The molecule has 3 heterocycles. The average Bonchev–Trinajstić information content (AvgIpc) is 2.81. The number of nitrogens with zero attached hydrogens (tertiary/aromatic N) is 3. The summed E-state index contributed by atoms with van der Waals surface area (Å²) < 4.78 is 0. The fraction of sp³-hybridized carbons (Fsp3) is 0.0833. The molecular weight excluding hydrogens is 250 g/mol. The molecule has 3 aromatic heterocycles. The van der Waals surface area contributed by atoms with E-state index < -0.39 is 0 Å². The molecule has 3 rings (SSSR count). The summed E-state index contributed by atoms with van der Waals surface area (Å²) in [5.74, 6) is 1.37. The third-order valence-electron chi connectivity index (χ3n) is 2.60. The van der Waals surface area contributed by atoms with E-state index in [4.69, 9.17) is 11.6 Å². The molecule has 5 nitrogen and oxygen atoms in total. The number of rotatable bonds is 2. The Bertz CT molecular complexity index is 707. The van der Waals surface area contributed by atoms with Gasteiger partial charge in [-0.25, -0.2) is 15.0 Å². The molecule has 0 amide bonds. The molecule has 0 aliphatic rings. The monoisotopic (exact) mass is 259 g/mol. The highest BCUT2D eigenvalue weighted by Crippen LogP contribution is 2.19. The Balaban J connectivity index is 1.97. The van der Waals surface area contributed by atoms with Crippen LogP contribution in [0.25, 0.3) is 11.0 Å². The van der Waals surface area contributed by atoms with Crippen molar-refractivity contribution in [2.45, 2.75) is 6.92 Å². The average molecular weight is 260 g/mol. The lowest BCUT2D eigenvalue weighted by molar-refractivity contribution is 1.12. The molecule has 0 aliphatic carbocycles. The number of H-pyrrole nitrogens is 1. The fourth-order valence-electron chi connectivity index (χ4n) is 1.67. The Labute approximate surface area is 108 Å². The van der Waals surface area contributed by atoms with E-state index in [-0.39, 0.29) is 5.28 Å². The topological polar surface area (TPSA) is 66.5 Å². The van der Waals surface area contributed by atoms with Crippen LogP contribution in [0.3, 0.4) is 0 Å². The Morgan fingerprint density at radius 2 is 2.11 bits per heavy atom. The predicted molar refractivity (Wildman–Crippen MR) is 71.2 cm³/mol. The van der Waals surface area contributed by atoms with Crippen LogP contribution in [0.4, 0.5) is 11.6 Å². The zero-order valence-electron chi connectivity index (χ0n) is 9.61. The highest BCUT2D eigenvalue weighted by Gasteiger charge is 2.04. The number of halogens is 1. The van der Waals surface area contributed by atoms with Crippen molar-refractivity contribution >= 4 is 34.3 Å². The second-order valence-corrected chi connectivity index (χ2v) is 4.25. The minimum absolute atomic E-state index is 0.212. The number of hydrogen-bond acceptors (Lipinski definition) is 4. The van der Waals surface area contributed by atoms with Crippen LogP contribution in [0.1, 0.15) is 5.56 Å². The molecule has 0 radical (unpaired) electrons. The number of pyridine rings is 1. The van der Waals surface area contributed by atoms with Gasteiger partial charge in [0.2, 0.25) is 5.28 Å². The Morgan fingerprint density at radius 1 is 1.22 bits per heavy atom. The molecule has 0 fully saturated rings. The van der Waals surface area contributed by atoms with E-state index in [1.54, 1.807) is 6.20 Å². The van der Waals surface area contributed by atoms with Crippen LogP contribution in [0.5, 0.6) is 0 Å². The summed E-state index contributed by atoms with van der Waals surface area (Å²) >= 11 is 5.77. The fourth-order valence-corrected chi connectivity index (χ4v) is 1.80. The zero-order chi connectivity index (χ0) is 12.5. The van der Waals surface area contributed by atoms with Crippen molar-refractivity contribution < 1.29 is 0 Å². The van der Waals surface area contributed by atoms with Gasteiger partial charge >= 0.3 is 0 Å². The first-order valence-corrected chi connectivity index (χ1v) is 5.80. The van der Waals surface area contributed by atoms with Crippen LogP contribution < -0.4 is 5.32 Å². The number of fused-ring (bicyclic) bond motifs is 1. The number of aryl methyl sites for hydroxylation is 1. The van der Waals surface area contributed by atoms with Gasteiger partial charge in [-0.3, -0.25) is 0 Å². The standard InChI is InChI=1S/C12H10ClN5/c1-7-6-15-12(13)18-10(7)16-9-3-2-8-4-5-14-11(8)17-9/h2-6H,1H3,(H2,14,15,16,17,18). The Morgan fingerprint density at radius 3 is 3.00 bits per heavy atom. The molecule has 0 saturated carbocycles. The summed E-state index contributed by atoms with van der Waals surface area (Å²) in [5.41, 5.74) is 1.74. The number of anilines is 2. The molecule has 18 heavy (non-hydrogen) atoms. The minimum atomic E-state index is 0.212. The second kappa shape index (κ2) is 4.27. The normalized spacial score (nSPS) is 10.8. The quantitative estimate of drug-likeness (QED) is 0.694. The highest BCUT2D eigenvalue weighted by molar-refractivity contribution is 6.28. The smallest absolute Gasteiger partial charge is 0.224 e. The predicted octanol–water partition coefficient (Wildman–Crippen LogP) is 3.06.